The summed E-state index contributed by atoms with van der Waals surface area (Å²) in [6.45, 7) is 11.6. The van der Waals surface area contributed by atoms with Gasteiger partial charge in [-0.3, -0.25) is 4.90 Å². The summed E-state index contributed by atoms with van der Waals surface area (Å²) in [4.78, 5) is 2.49. The van der Waals surface area contributed by atoms with Crippen molar-refractivity contribution in [1.29, 1.82) is 0 Å². The Labute approximate surface area is 237 Å². The summed E-state index contributed by atoms with van der Waals surface area (Å²) in [5.74, 6) is 1.46. The van der Waals surface area contributed by atoms with Crippen LogP contribution in [-0.2, 0) is 27.2 Å². The molecular formula is C34H41NO5. The first-order valence-corrected chi connectivity index (χ1v) is 14.5. The van der Waals surface area contributed by atoms with Gasteiger partial charge in [-0.25, -0.2) is 0 Å². The van der Waals surface area contributed by atoms with E-state index in [1.165, 1.54) is 38.2 Å². The third kappa shape index (κ3) is 6.94. The average molecular weight is 544 g/mol. The summed E-state index contributed by atoms with van der Waals surface area (Å²) in [7, 11) is 0. The second-order valence-corrected chi connectivity index (χ2v) is 10.0. The van der Waals surface area contributed by atoms with E-state index in [0.29, 0.717) is 52.9 Å². The maximum Gasteiger partial charge on any atom is 0.161 e. The van der Waals surface area contributed by atoms with Crippen molar-refractivity contribution >= 4 is 21.5 Å². The second-order valence-electron chi connectivity index (χ2n) is 10.0. The van der Waals surface area contributed by atoms with E-state index in [0.717, 1.165) is 37.6 Å². The van der Waals surface area contributed by atoms with Gasteiger partial charge < -0.3 is 23.7 Å². The molecule has 0 bridgehead atoms. The predicted octanol–water partition coefficient (Wildman–Crippen LogP) is 6.25. The Morgan fingerprint density at radius 3 is 1.55 bits per heavy atom. The summed E-state index contributed by atoms with van der Waals surface area (Å²) >= 11 is 0. The van der Waals surface area contributed by atoms with Crippen LogP contribution in [0.1, 0.15) is 30.5 Å². The molecule has 4 aromatic carbocycles. The molecule has 0 unspecified atom stereocenters. The molecule has 0 spiro atoms. The van der Waals surface area contributed by atoms with Crippen LogP contribution in [0.25, 0.3) is 21.5 Å². The highest BCUT2D eigenvalue weighted by Crippen LogP contribution is 2.36. The van der Waals surface area contributed by atoms with Gasteiger partial charge in [-0.15, -0.1) is 0 Å². The summed E-state index contributed by atoms with van der Waals surface area (Å²) in [5, 5.41) is 5.28. The summed E-state index contributed by atoms with van der Waals surface area (Å²) in [5.41, 5.74) is 3.92. The molecule has 0 aromatic heterocycles. The molecule has 6 heteroatoms. The van der Waals surface area contributed by atoms with Gasteiger partial charge in [-0.05, 0) is 69.9 Å². The Bertz CT molecular complexity index is 1330. The quantitative estimate of drug-likeness (QED) is 0.268. The van der Waals surface area contributed by atoms with Crippen molar-refractivity contribution in [2.24, 2.45) is 0 Å². The lowest BCUT2D eigenvalue weighted by Gasteiger charge is -2.23. The molecule has 1 aliphatic rings. The minimum Gasteiger partial charge on any atom is -0.487 e. The highest BCUT2D eigenvalue weighted by molar-refractivity contribution is 6.06. The Balaban J connectivity index is 1.49. The summed E-state index contributed by atoms with van der Waals surface area (Å²) in [6.07, 6.45) is 0.792. The Hall–Kier alpha value is -3.16. The Morgan fingerprint density at radius 2 is 1.02 bits per heavy atom. The lowest BCUT2D eigenvalue weighted by Crippen LogP contribution is -2.22. The van der Waals surface area contributed by atoms with Gasteiger partial charge in [-0.2, -0.15) is 0 Å². The highest BCUT2D eigenvalue weighted by Gasteiger charge is 2.17. The molecule has 0 N–H and O–H groups in total. The molecule has 0 atom stereocenters. The van der Waals surface area contributed by atoms with Crippen LogP contribution >= 0.6 is 0 Å². The minimum absolute atomic E-state index is 0.447. The van der Waals surface area contributed by atoms with E-state index in [-0.39, 0.29) is 0 Å². The SMILES string of the molecule is CCN(CC)Cc1c2ccccc2c(Cc2ccc3c(c2)OCCOCCOCCOCCO3)c2ccccc12. The van der Waals surface area contributed by atoms with Crippen LogP contribution in [0.2, 0.25) is 0 Å². The van der Waals surface area contributed by atoms with Gasteiger partial charge >= 0.3 is 0 Å². The molecule has 1 heterocycles. The van der Waals surface area contributed by atoms with Gasteiger partial charge in [0.2, 0.25) is 0 Å². The molecule has 0 saturated carbocycles. The van der Waals surface area contributed by atoms with Crippen molar-refractivity contribution in [3.8, 4) is 11.5 Å². The molecule has 0 aliphatic carbocycles. The van der Waals surface area contributed by atoms with Crippen molar-refractivity contribution in [1.82, 2.24) is 4.90 Å². The van der Waals surface area contributed by atoms with Gasteiger partial charge in [0, 0.05) is 6.54 Å². The number of rotatable bonds is 6. The van der Waals surface area contributed by atoms with Crippen molar-refractivity contribution in [3.63, 3.8) is 0 Å². The largest absolute Gasteiger partial charge is 0.487 e. The van der Waals surface area contributed by atoms with Crippen LogP contribution in [0.4, 0.5) is 0 Å². The third-order valence-electron chi connectivity index (χ3n) is 7.53. The lowest BCUT2D eigenvalue weighted by molar-refractivity contribution is 0.00708. The van der Waals surface area contributed by atoms with Crippen molar-refractivity contribution < 1.29 is 23.7 Å². The maximum absolute atomic E-state index is 6.17. The molecule has 0 radical (unpaired) electrons. The molecule has 1 aliphatic heterocycles. The van der Waals surface area contributed by atoms with Crippen molar-refractivity contribution in [3.05, 3.63) is 83.4 Å². The first kappa shape index (κ1) is 28.4. The number of hydrogen-bond donors (Lipinski definition) is 0. The van der Waals surface area contributed by atoms with Crippen molar-refractivity contribution in [2.75, 3.05) is 65.9 Å². The fourth-order valence-electron chi connectivity index (χ4n) is 5.40. The summed E-state index contributed by atoms with van der Waals surface area (Å²) in [6, 6.07) is 24.0. The summed E-state index contributed by atoms with van der Waals surface area (Å²) < 4.78 is 29.0. The van der Waals surface area contributed by atoms with Gasteiger partial charge in [0.25, 0.3) is 0 Å². The van der Waals surface area contributed by atoms with E-state index < -0.39 is 0 Å². The Morgan fingerprint density at radius 1 is 0.550 bits per heavy atom. The molecule has 4 aromatic rings. The van der Waals surface area contributed by atoms with E-state index in [1.54, 1.807) is 0 Å². The molecule has 0 fully saturated rings. The molecular weight excluding hydrogens is 502 g/mol. The first-order valence-electron chi connectivity index (χ1n) is 14.5. The van der Waals surface area contributed by atoms with Gasteiger partial charge in [0.1, 0.15) is 13.2 Å². The zero-order valence-electron chi connectivity index (χ0n) is 23.8. The first-order chi connectivity index (χ1) is 19.8. The molecule has 5 rings (SSSR count). The minimum atomic E-state index is 0.447. The fraction of sp³-hybridized carbons (Fsp3) is 0.412. The van der Waals surface area contributed by atoms with E-state index in [2.05, 4.69) is 79.4 Å². The van der Waals surface area contributed by atoms with Crippen LogP contribution in [0.15, 0.2) is 66.7 Å². The van der Waals surface area contributed by atoms with Gasteiger partial charge in [0.15, 0.2) is 11.5 Å². The molecule has 212 valence electrons. The maximum atomic E-state index is 6.17. The van der Waals surface area contributed by atoms with E-state index in [1.807, 2.05) is 6.07 Å². The molecule has 6 nitrogen and oxygen atoms in total. The van der Waals surface area contributed by atoms with Gasteiger partial charge in [0.05, 0.1) is 39.6 Å². The van der Waals surface area contributed by atoms with Crippen LogP contribution in [0, 0.1) is 0 Å². The van der Waals surface area contributed by atoms with Crippen LogP contribution in [-0.4, -0.2) is 70.8 Å². The topological polar surface area (TPSA) is 49.4 Å². The van der Waals surface area contributed by atoms with Crippen LogP contribution in [0.3, 0.4) is 0 Å². The monoisotopic (exact) mass is 543 g/mol. The third-order valence-corrected chi connectivity index (χ3v) is 7.53. The lowest BCUT2D eigenvalue weighted by atomic mass is 9.88. The fourth-order valence-corrected chi connectivity index (χ4v) is 5.40. The number of nitrogens with zero attached hydrogens (tertiary/aromatic N) is 1. The van der Waals surface area contributed by atoms with Crippen LogP contribution in [0.5, 0.6) is 11.5 Å². The van der Waals surface area contributed by atoms with E-state index in [4.69, 9.17) is 23.7 Å². The zero-order valence-corrected chi connectivity index (χ0v) is 23.8. The normalized spacial score (nSPS) is 15.7. The van der Waals surface area contributed by atoms with Gasteiger partial charge in [-0.1, -0.05) is 68.4 Å². The van der Waals surface area contributed by atoms with Crippen molar-refractivity contribution in [2.45, 2.75) is 26.8 Å². The number of fused-ring (bicyclic) bond motifs is 3. The zero-order chi connectivity index (χ0) is 27.6. The number of ether oxygens (including phenoxy) is 5. The standard InChI is InChI=1S/C34H41NO5/c1-3-35(4-2)25-32-29-11-7-5-9-27(29)31(28-10-6-8-12-30(28)32)23-26-13-14-33-34(24-26)40-22-20-38-18-16-36-15-17-37-19-21-39-33/h5-14,24H,3-4,15-23,25H2,1-2H3. The van der Waals surface area contributed by atoms with Crippen LogP contribution < -0.4 is 9.47 Å². The smallest absolute Gasteiger partial charge is 0.161 e. The molecule has 40 heavy (non-hydrogen) atoms. The van der Waals surface area contributed by atoms with E-state index >= 15 is 0 Å². The highest BCUT2D eigenvalue weighted by atomic mass is 16.6. The number of benzene rings is 4. The average Bonchev–Trinajstić information content (AvgIpc) is 3.00. The number of hydrogen-bond acceptors (Lipinski definition) is 6. The Kier molecular flexibility index (Phi) is 10.3. The molecule has 0 amide bonds. The second kappa shape index (κ2) is 14.5. The van der Waals surface area contributed by atoms with E-state index in [9.17, 15) is 0 Å². The predicted molar refractivity (Wildman–Crippen MR) is 161 cm³/mol. The molecule has 0 saturated heterocycles.